The Hall–Kier alpha value is -1.84. The fourth-order valence-electron chi connectivity index (χ4n) is 2.86. The van der Waals surface area contributed by atoms with Crippen LogP contribution in [0.3, 0.4) is 0 Å². The van der Waals surface area contributed by atoms with Crippen LogP contribution in [0.4, 0.5) is 4.79 Å². The number of rotatable bonds is 8. The van der Waals surface area contributed by atoms with Crippen LogP contribution < -0.4 is 5.32 Å². The van der Waals surface area contributed by atoms with Gasteiger partial charge in [0.1, 0.15) is 11.8 Å². The van der Waals surface area contributed by atoms with Crippen LogP contribution in [0.5, 0.6) is 0 Å². The average Bonchev–Trinajstić information content (AvgIpc) is 2.84. The monoisotopic (exact) mass is 364 g/mol. The molecule has 1 saturated heterocycles. The van der Waals surface area contributed by atoms with Gasteiger partial charge < -0.3 is 15.5 Å². The average molecular weight is 364 g/mol. The molecule has 3 N–H and O–H groups in total. The first-order chi connectivity index (χ1) is 11.0. The lowest BCUT2D eigenvalue weighted by atomic mass is 10.0. The third-order valence-electron chi connectivity index (χ3n) is 3.70. The van der Waals surface area contributed by atoms with Crippen LogP contribution in [0.25, 0.3) is 0 Å². The second-order valence-electron chi connectivity index (χ2n) is 6.42. The van der Waals surface area contributed by atoms with E-state index >= 15 is 0 Å². The summed E-state index contributed by atoms with van der Waals surface area (Å²) in [7, 11) is -3.87. The lowest BCUT2D eigenvalue weighted by Crippen LogP contribution is -2.50. The zero-order valence-corrected chi connectivity index (χ0v) is 14.6. The number of carbonyl (C=O) groups is 3. The molecule has 0 unspecified atom stereocenters. The minimum atomic E-state index is -3.87. The molecular weight excluding hydrogens is 340 g/mol. The van der Waals surface area contributed by atoms with E-state index in [4.69, 9.17) is 10.2 Å². The third kappa shape index (κ3) is 6.34. The van der Waals surface area contributed by atoms with E-state index in [2.05, 4.69) is 5.32 Å². The summed E-state index contributed by atoms with van der Waals surface area (Å²) in [5, 5.41) is 20.3. The van der Waals surface area contributed by atoms with Crippen LogP contribution in [0.1, 0.15) is 33.1 Å². The van der Waals surface area contributed by atoms with Crippen LogP contribution in [0.2, 0.25) is 0 Å². The fourth-order valence-corrected chi connectivity index (χ4v) is 4.18. The van der Waals surface area contributed by atoms with Crippen molar-refractivity contribution in [1.82, 2.24) is 10.2 Å². The molecule has 0 aromatic rings. The number of nitrogens with one attached hydrogen (secondary N) is 1. The van der Waals surface area contributed by atoms with Gasteiger partial charge in [0, 0.05) is 12.6 Å². The molecule has 1 fully saturated rings. The lowest BCUT2D eigenvalue weighted by Gasteiger charge is -2.25. The largest absolute Gasteiger partial charge is 0.480 e. The molecule has 1 aliphatic rings. The molecule has 0 aliphatic carbocycles. The fraction of sp³-hybridized carbons (Fsp3) is 0.786. The van der Waals surface area contributed by atoms with E-state index in [1.807, 2.05) is 13.8 Å². The summed E-state index contributed by atoms with van der Waals surface area (Å²) in [6.45, 7) is 3.96. The zero-order chi connectivity index (χ0) is 18.5. The van der Waals surface area contributed by atoms with E-state index < -0.39 is 51.4 Å². The highest BCUT2D eigenvalue weighted by Crippen LogP contribution is 2.18. The Labute approximate surface area is 140 Å². The summed E-state index contributed by atoms with van der Waals surface area (Å²) in [5.74, 6) is -3.39. The molecule has 9 nitrogen and oxygen atoms in total. The van der Waals surface area contributed by atoms with Crippen molar-refractivity contribution < 1.29 is 33.0 Å². The van der Waals surface area contributed by atoms with Crippen molar-refractivity contribution in [2.24, 2.45) is 5.92 Å². The van der Waals surface area contributed by atoms with Gasteiger partial charge in [-0.15, -0.1) is 0 Å². The Morgan fingerprint density at radius 1 is 1.25 bits per heavy atom. The standard InChI is InChI=1S/C14H24N2O7S/c1-9(2)6-10(7-24(22,23)8-12(17)18)15-13(19)11-4-3-5-16(11)14(20)21/h9-11H,3-8H2,1-2H3,(H,15,19)(H,17,18)(H,20,21)/t10-,11+/m0/s1. The summed E-state index contributed by atoms with van der Waals surface area (Å²) < 4.78 is 23.7. The van der Waals surface area contributed by atoms with Crippen molar-refractivity contribution in [3.8, 4) is 0 Å². The normalized spacial score (nSPS) is 19.3. The second-order valence-corrected chi connectivity index (χ2v) is 8.53. The van der Waals surface area contributed by atoms with Crippen molar-refractivity contribution in [1.29, 1.82) is 0 Å². The molecule has 1 rings (SSSR count). The first-order valence-electron chi connectivity index (χ1n) is 7.74. The smallest absolute Gasteiger partial charge is 0.407 e. The van der Waals surface area contributed by atoms with Crippen molar-refractivity contribution in [3.63, 3.8) is 0 Å². The molecule has 0 aromatic heterocycles. The number of carbonyl (C=O) groups excluding carboxylic acids is 1. The molecule has 138 valence electrons. The van der Waals surface area contributed by atoms with Gasteiger partial charge in [0.05, 0.1) is 5.75 Å². The molecule has 10 heteroatoms. The third-order valence-corrected chi connectivity index (χ3v) is 5.30. The Bertz CT molecular complexity index is 588. The first kappa shape index (κ1) is 20.2. The highest BCUT2D eigenvalue weighted by Gasteiger charge is 2.35. The number of nitrogens with zero attached hydrogens (tertiary/aromatic N) is 1. The quantitative estimate of drug-likeness (QED) is 0.557. The van der Waals surface area contributed by atoms with Gasteiger partial charge in [-0.3, -0.25) is 14.5 Å². The van der Waals surface area contributed by atoms with Gasteiger partial charge in [-0.1, -0.05) is 13.8 Å². The number of hydrogen-bond acceptors (Lipinski definition) is 5. The molecule has 0 radical (unpaired) electrons. The van der Waals surface area contributed by atoms with Crippen LogP contribution in [-0.2, 0) is 19.4 Å². The van der Waals surface area contributed by atoms with Crippen LogP contribution in [0, 0.1) is 5.92 Å². The van der Waals surface area contributed by atoms with Crippen molar-refractivity contribution in [3.05, 3.63) is 0 Å². The van der Waals surface area contributed by atoms with E-state index in [9.17, 15) is 22.8 Å². The number of likely N-dealkylation sites (tertiary alicyclic amines) is 1. The number of aliphatic carboxylic acids is 1. The molecule has 2 amide bonds. The highest BCUT2D eigenvalue weighted by molar-refractivity contribution is 7.92. The second kappa shape index (κ2) is 8.32. The van der Waals surface area contributed by atoms with Gasteiger partial charge in [0.2, 0.25) is 5.91 Å². The van der Waals surface area contributed by atoms with E-state index in [-0.39, 0.29) is 12.5 Å². The Kier molecular flexibility index (Phi) is 7.00. The van der Waals surface area contributed by atoms with Gasteiger partial charge in [-0.05, 0) is 25.2 Å². The summed E-state index contributed by atoms with van der Waals surface area (Å²) in [5.41, 5.74) is 0. The van der Waals surface area contributed by atoms with Gasteiger partial charge in [0.25, 0.3) is 0 Å². The van der Waals surface area contributed by atoms with Gasteiger partial charge in [-0.2, -0.15) is 0 Å². The van der Waals surface area contributed by atoms with Crippen LogP contribution in [0.15, 0.2) is 0 Å². The zero-order valence-electron chi connectivity index (χ0n) is 13.8. The maximum Gasteiger partial charge on any atom is 0.407 e. The molecule has 2 atom stereocenters. The van der Waals surface area contributed by atoms with Crippen LogP contribution in [-0.4, -0.2) is 71.6 Å². The summed E-state index contributed by atoms with van der Waals surface area (Å²) in [6.07, 6.45) is 0.113. The SMILES string of the molecule is CC(C)C[C@@H](CS(=O)(=O)CC(=O)O)NC(=O)[C@H]1CCCN1C(=O)O. The molecular formula is C14H24N2O7S. The minimum absolute atomic E-state index is 0.0782. The van der Waals surface area contributed by atoms with Crippen molar-refractivity contribution in [2.75, 3.05) is 18.1 Å². The summed E-state index contributed by atoms with van der Waals surface area (Å²) in [6, 6.07) is -1.59. The number of sulfone groups is 1. The number of carboxylic acid groups (broad SMARTS) is 2. The molecule has 1 aliphatic heterocycles. The molecule has 0 aromatic carbocycles. The number of amides is 2. The Morgan fingerprint density at radius 2 is 1.88 bits per heavy atom. The van der Waals surface area contributed by atoms with Crippen LogP contribution >= 0.6 is 0 Å². The topological polar surface area (TPSA) is 141 Å². The Balaban J connectivity index is 2.80. The first-order valence-corrected chi connectivity index (χ1v) is 9.56. The lowest BCUT2D eigenvalue weighted by molar-refractivity contribution is -0.134. The van der Waals surface area contributed by atoms with Gasteiger partial charge in [-0.25, -0.2) is 13.2 Å². The van der Waals surface area contributed by atoms with Gasteiger partial charge >= 0.3 is 12.1 Å². The van der Waals surface area contributed by atoms with E-state index in [1.54, 1.807) is 0 Å². The highest BCUT2D eigenvalue weighted by atomic mass is 32.2. The van der Waals surface area contributed by atoms with E-state index in [0.717, 1.165) is 4.90 Å². The molecule has 24 heavy (non-hydrogen) atoms. The predicted octanol–water partition coefficient (Wildman–Crippen LogP) is 0.159. The summed E-state index contributed by atoms with van der Waals surface area (Å²) >= 11 is 0. The number of carboxylic acids is 1. The van der Waals surface area contributed by atoms with Gasteiger partial charge in [0.15, 0.2) is 9.84 Å². The van der Waals surface area contributed by atoms with Crippen molar-refractivity contribution in [2.45, 2.75) is 45.2 Å². The molecule has 0 bridgehead atoms. The minimum Gasteiger partial charge on any atom is -0.480 e. The molecule has 0 spiro atoms. The predicted molar refractivity (Wildman–Crippen MR) is 85.4 cm³/mol. The van der Waals surface area contributed by atoms with E-state index in [1.165, 1.54) is 0 Å². The Morgan fingerprint density at radius 3 is 2.38 bits per heavy atom. The maximum absolute atomic E-state index is 12.3. The molecule has 1 heterocycles. The van der Waals surface area contributed by atoms with Crippen molar-refractivity contribution >= 4 is 27.8 Å². The number of hydrogen-bond donors (Lipinski definition) is 3. The maximum atomic E-state index is 12.3. The summed E-state index contributed by atoms with van der Waals surface area (Å²) in [4.78, 5) is 35.1. The molecule has 0 saturated carbocycles. The van der Waals surface area contributed by atoms with E-state index in [0.29, 0.717) is 19.3 Å².